The number of rotatable bonds is 9. The van der Waals surface area contributed by atoms with Crippen LogP contribution < -0.4 is 4.90 Å². The summed E-state index contributed by atoms with van der Waals surface area (Å²) in [5.74, 6) is -4.16. The van der Waals surface area contributed by atoms with E-state index in [1.807, 2.05) is 0 Å². The normalized spacial score (nSPS) is 10.1. The molecule has 1 aromatic rings. The molecule has 0 aliphatic heterocycles. The molecule has 0 fully saturated rings. The Morgan fingerprint density at radius 1 is 1.12 bits per heavy atom. The van der Waals surface area contributed by atoms with E-state index in [0.29, 0.717) is 13.0 Å². The minimum absolute atomic E-state index is 0.00986. The molecular formula is C16H19NO7. The van der Waals surface area contributed by atoms with E-state index in [1.165, 1.54) is 18.2 Å². The van der Waals surface area contributed by atoms with Crippen LogP contribution in [0.4, 0.5) is 5.69 Å². The second kappa shape index (κ2) is 8.66. The van der Waals surface area contributed by atoms with Crippen molar-refractivity contribution in [1.29, 1.82) is 0 Å². The van der Waals surface area contributed by atoms with E-state index in [2.05, 4.69) is 0 Å². The first kappa shape index (κ1) is 19.1. The Labute approximate surface area is 138 Å². The minimum atomic E-state index is -1.34. The van der Waals surface area contributed by atoms with Crippen molar-refractivity contribution in [3.8, 4) is 0 Å². The molecule has 0 atom stereocenters. The highest BCUT2D eigenvalue weighted by Crippen LogP contribution is 2.23. The highest BCUT2D eigenvalue weighted by Gasteiger charge is 2.22. The Bertz CT molecular complexity index is 654. The fourth-order valence-corrected chi connectivity index (χ4v) is 2.07. The molecule has 0 spiro atoms. The molecule has 0 aliphatic carbocycles. The smallest absolute Gasteiger partial charge is 0.374 e. The van der Waals surface area contributed by atoms with Crippen molar-refractivity contribution in [3.63, 3.8) is 0 Å². The SMILES string of the molecule is CCC(=O)C(=O)OCCCN(C)c1cccc(C(=O)O)c1C(=O)O. The molecule has 0 aliphatic rings. The zero-order valence-electron chi connectivity index (χ0n) is 13.4. The summed E-state index contributed by atoms with van der Waals surface area (Å²) < 4.78 is 4.80. The Hall–Kier alpha value is -2.90. The van der Waals surface area contributed by atoms with Gasteiger partial charge in [-0.3, -0.25) is 4.79 Å². The summed E-state index contributed by atoms with van der Waals surface area (Å²) in [4.78, 5) is 46.4. The van der Waals surface area contributed by atoms with Gasteiger partial charge in [0.2, 0.25) is 5.78 Å². The maximum absolute atomic E-state index is 11.4. The molecule has 0 radical (unpaired) electrons. The van der Waals surface area contributed by atoms with Crippen molar-refractivity contribution in [2.45, 2.75) is 19.8 Å². The van der Waals surface area contributed by atoms with Gasteiger partial charge in [0.25, 0.3) is 0 Å². The summed E-state index contributed by atoms with van der Waals surface area (Å²) in [6.45, 7) is 1.88. The third-order valence-corrected chi connectivity index (χ3v) is 3.32. The van der Waals surface area contributed by atoms with E-state index in [1.54, 1.807) is 18.9 Å². The zero-order valence-corrected chi connectivity index (χ0v) is 13.4. The molecule has 0 unspecified atom stereocenters. The fourth-order valence-electron chi connectivity index (χ4n) is 2.07. The molecule has 1 rings (SSSR count). The average Bonchev–Trinajstić information content (AvgIpc) is 2.56. The van der Waals surface area contributed by atoms with E-state index in [-0.39, 0.29) is 29.8 Å². The van der Waals surface area contributed by atoms with E-state index in [4.69, 9.17) is 9.84 Å². The molecule has 24 heavy (non-hydrogen) atoms. The van der Waals surface area contributed by atoms with E-state index < -0.39 is 23.7 Å². The highest BCUT2D eigenvalue weighted by molar-refractivity contribution is 6.33. The number of benzene rings is 1. The van der Waals surface area contributed by atoms with Gasteiger partial charge in [-0.25, -0.2) is 14.4 Å². The highest BCUT2D eigenvalue weighted by atomic mass is 16.5. The molecule has 0 amide bonds. The predicted molar refractivity (Wildman–Crippen MR) is 84.5 cm³/mol. The summed E-state index contributed by atoms with van der Waals surface area (Å²) in [6, 6.07) is 4.19. The summed E-state index contributed by atoms with van der Waals surface area (Å²) in [5, 5.41) is 18.4. The first-order chi connectivity index (χ1) is 11.3. The largest absolute Gasteiger partial charge is 0.478 e. The number of carbonyl (C=O) groups is 4. The van der Waals surface area contributed by atoms with Crippen molar-refractivity contribution in [1.82, 2.24) is 0 Å². The molecule has 0 saturated carbocycles. The van der Waals surface area contributed by atoms with Crippen LogP contribution in [0, 0.1) is 0 Å². The van der Waals surface area contributed by atoms with Crippen molar-refractivity contribution < 1.29 is 34.1 Å². The van der Waals surface area contributed by atoms with Crippen LogP contribution in [0.3, 0.4) is 0 Å². The fraction of sp³-hybridized carbons (Fsp3) is 0.375. The predicted octanol–water partition coefficient (Wildman–Crippen LogP) is 1.43. The molecule has 0 aromatic heterocycles. The number of ether oxygens (including phenoxy) is 1. The lowest BCUT2D eigenvalue weighted by Crippen LogP contribution is -2.25. The topological polar surface area (TPSA) is 121 Å². The lowest BCUT2D eigenvalue weighted by Gasteiger charge is -2.22. The van der Waals surface area contributed by atoms with Crippen molar-refractivity contribution in [3.05, 3.63) is 29.3 Å². The van der Waals surface area contributed by atoms with Gasteiger partial charge in [0.05, 0.1) is 23.4 Å². The molecule has 130 valence electrons. The number of carbonyl (C=O) groups excluding carboxylic acids is 2. The van der Waals surface area contributed by atoms with Crippen LogP contribution in [0.25, 0.3) is 0 Å². The zero-order chi connectivity index (χ0) is 18.3. The van der Waals surface area contributed by atoms with Crippen molar-refractivity contribution >= 4 is 29.4 Å². The standard InChI is InChI=1S/C16H19NO7/c1-3-12(18)16(23)24-9-5-8-17(2)11-7-4-6-10(14(19)20)13(11)15(21)22/h4,6-7H,3,5,8-9H2,1-2H3,(H,19,20)(H,21,22). The molecule has 2 N–H and O–H groups in total. The maximum Gasteiger partial charge on any atom is 0.374 e. The Morgan fingerprint density at radius 3 is 2.33 bits per heavy atom. The van der Waals surface area contributed by atoms with Crippen LogP contribution in [-0.2, 0) is 14.3 Å². The number of carboxylic acid groups (broad SMARTS) is 2. The van der Waals surface area contributed by atoms with Crippen LogP contribution in [0.2, 0.25) is 0 Å². The number of ketones is 1. The lowest BCUT2D eigenvalue weighted by molar-refractivity contribution is -0.153. The van der Waals surface area contributed by atoms with Gasteiger partial charge >= 0.3 is 17.9 Å². The number of anilines is 1. The molecule has 0 saturated heterocycles. The van der Waals surface area contributed by atoms with Crippen LogP contribution in [0.1, 0.15) is 40.5 Å². The summed E-state index contributed by atoms with van der Waals surface area (Å²) in [5.41, 5.74) is -0.351. The summed E-state index contributed by atoms with van der Waals surface area (Å²) >= 11 is 0. The first-order valence-corrected chi connectivity index (χ1v) is 7.30. The third kappa shape index (κ3) is 4.80. The first-order valence-electron chi connectivity index (χ1n) is 7.30. The monoisotopic (exact) mass is 337 g/mol. The lowest BCUT2D eigenvalue weighted by atomic mass is 10.0. The summed E-state index contributed by atoms with van der Waals surface area (Å²) in [6.07, 6.45) is 0.429. The van der Waals surface area contributed by atoms with Gasteiger partial charge in [0.1, 0.15) is 0 Å². The number of hydrogen-bond donors (Lipinski definition) is 2. The van der Waals surface area contributed by atoms with Gasteiger partial charge in [-0.15, -0.1) is 0 Å². The molecular weight excluding hydrogens is 318 g/mol. The van der Waals surface area contributed by atoms with Gasteiger partial charge in [-0.05, 0) is 18.6 Å². The minimum Gasteiger partial charge on any atom is -0.478 e. The second-order valence-electron chi connectivity index (χ2n) is 5.00. The van der Waals surface area contributed by atoms with Gasteiger partial charge in [-0.2, -0.15) is 0 Å². The number of esters is 1. The number of Topliss-reactive ketones (excluding diaryl/α,β-unsaturated/α-hetero) is 1. The molecule has 8 heteroatoms. The van der Waals surface area contributed by atoms with Gasteiger partial charge < -0.3 is 19.8 Å². The number of carboxylic acids is 2. The molecule has 0 heterocycles. The molecule has 8 nitrogen and oxygen atoms in total. The number of nitrogens with zero attached hydrogens (tertiary/aromatic N) is 1. The maximum atomic E-state index is 11.4. The van der Waals surface area contributed by atoms with Crippen LogP contribution >= 0.6 is 0 Å². The van der Waals surface area contributed by atoms with Crippen LogP contribution in [-0.4, -0.2) is 54.1 Å². The molecule has 1 aromatic carbocycles. The van der Waals surface area contributed by atoms with Gasteiger partial charge in [0, 0.05) is 20.0 Å². The third-order valence-electron chi connectivity index (χ3n) is 3.32. The van der Waals surface area contributed by atoms with Gasteiger partial charge in [-0.1, -0.05) is 13.0 Å². The van der Waals surface area contributed by atoms with Crippen LogP contribution in [0.5, 0.6) is 0 Å². The van der Waals surface area contributed by atoms with E-state index in [0.717, 1.165) is 0 Å². The second-order valence-corrected chi connectivity index (χ2v) is 5.00. The summed E-state index contributed by atoms with van der Waals surface area (Å²) in [7, 11) is 1.60. The van der Waals surface area contributed by atoms with E-state index in [9.17, 15) is 24.3 Å². The Balaban J connectivity index is 2.75. The molecule has 0 bridgehead atoms. The Morgan fingerprint density at radius 2 is 1.79 bits per heavy atom. The quantitative estimate of drug-likeness (QED) is 0.394. The van der Waals surface area contributed by atoms with Crippen molar-refractivity contribution in [2.24, 2.45) is 0 Å². The Kier molecular flexibility index (Phi) is 6.91. The van der Waals surface area contributed by atoms with Crippen LogP contribution in [0.15, 0.2) is 18.2 Å². The van der Waals surface area contributed by atoms with Crippen molar-refractivity contribution in [2.75, 3.05) is 25.1 Å². The number of aromatic carboxylic acids is 2. The average molecular weight is 337 g/mol. The van der Waals surface area contributed by atoms with E-state index >= 15 is 0 Å². The number of hydrogen-bond acceptors (Lipinski definition) is 6. The van der Waals surface area contributed by atoms with Gasteiger partial charge in [0.15, 0.2) is 0 Å².